The maximum absolute atomic E-state index is 10.1. The van der Waals surface area contributed by atoms with Crippen LogP contribution in [-0.2, 0) is 4.74 Å². The first-order chi connectivity index (χ1) is 7.27. The van der Waals surface area contributed by atoms with Crippen LogP contribution in [0.15, 0.2) is 36.1 Å². The van der Waals surface area contributed by atoms with Gasteiger partial charge in [0, 0.05) is 0 Å². The van der Waals surface area contributed by atoms with Crippen LogP contribution in [-0.4, -0.2) is 11.7 Å². The van der Waals surface area contributed by atoms with Crippen LogP contribution in [0.4, 0.5) is 0 Å². The first-order valence-electron chi connectivity index (χ1n) is 5.32. The first kappa shape index (κ1) is 10.2. The van der Waals surface area contributed by atoms with E-state index in [2.05, 4.69) is 0 Å². The van der Waals surface area contributed by atoms with E-state index in [4.69, 9.17) is 4.74 Å². The van der Waals surface area contributed by atoms with Gasteiger partial charge in [-0.15, -0.1) is 0 Å². The van der Waals surface area contributed by atoms with Gasteiger partial charge in [-0.3, -0.25) is 0 Å². The van der Waals surface area contributed by atoms with Gasteiger partial charge in [0.25, 0.3) is 0 Å². The lowest BCUT2D eigenvalue weighted by Gasteiger charge is -2.19. The minimum atomic E-state index is -0.509. The zero-order valence-corrected chi connectivity index (χ0v) is 8.94. The molecule has 1 aliphatic rings. The van der Waals surface area contributed by atoms with E-state index >= 15 is 0 Å². The Morgan fingerprint density at radius 1 is 1.40 bits per heavy atom. The number of hydrogen-bond donors (Lipinski definition) is 1. The second kappa shape index (κ2) is 4.49. The molecular weight excluding hydrogens is 188 g/mol. The molecule has 2 rings (SSSR count). The highest BCUT2D eigenvalue weighted by Crippen LogP contribution is 2.27. The second-order valence-corrected chi connectivity index (χ2v) is 3.98. The molecule has 80 valence electrons. The Morgan fingerprint density at radius 3 is 2.93 bits per heavy atom. The summed E-state index contributed by atoms with van der Waals surface area (Å²) < 4.78 is 5.23. The van der Waals surface area contributed by atoms with Gasteiger partial charge in [-0.05, 0) is 30.9 Å². The minimum Gasteiger partial charge on any atom is -0.501 e. The van der Waals surface area contributed by atoms with Crippen LogP contribution in [0.3, 0.4) is 0 Å². The van der Waals surface area contributed by atoms with E-state index in [1.54, 1.807) is 6.26 Å². The number of benzene rings is 1. The Balaban J connectivity index is 2.19. The standard InChI is InChI=1S/C13H16O2/c1-10-4-2-5-11(8-10)13(14)12-6-3-7-15-9-12/h2,4-5,8-9,13-14H,3,6-7H2,1H3. The first-order valence-corrected chi connectivity index (χ1v) is 5.32. The molecule has 0 aliphatic carbocycles. The lowest BCUT2D eigenvalue weighted by Crippen LogP contribution is -2.07. The summed E-state index contributed by atoms with van der Waals surface area (Å²) in [4.78, 5) is 0. The Morgan fingerprint density at radius 2 is 2.27 bits per heavy atom. The normalized spacial score (nSPS) is 17.9. The highest BCUT2D eigenvalue weighted by Gasteiger charge is 2.15. The third kappa shape index (κ3) is 2.39. The van der Waals surface area contributed by atoms with Crippen molar-refractivity contribution in [2.75, 3.05) is 6.61 Å². The van der Waals surface area contributed by atoms with Gasteiger partial charge in [0.2, 0.25) is 0 Å². The van der Waals surface area contributed by atoms with Gasteiger partial charge < -0.3 is 9.84 Å². The lowest BCUT2D eigenvalue weighted by atomic mass is 9.97. The zero-order chi connectivity index (χ0) is 10.7. The molecule has 1 N–H and O–H groups in total. The van der Waals surface area contributed by atoms with Crippen molar-refractivity contribution in [1.29, 1.82) is 0 Å². The fraction of sp³-hybridized carbons (Fsp3) is 0.385. The van der Waals surface area contributed by atoms with Crippen LogP contribution in [0.25, 0.3) is 0 Å². The number of aryl methyl sites for hydroxylation is 1. The van der Waals surface area contributed by atoms with Crippen LogP contribution in [0.2, 0.25) is 0 Å². The molecule has 15 heavy (non-hydrogen) atoms. The predicted octanol–water partition coefficient (Wildman–Crippen LogP) is 2.72. The topological polar surface area (TPSA) is 29.5 Å². The summed E-state index contributed by atoms with van der Waals surface area (Å²) in [6, 6.07) is 7.97. The van der Waals surface area contributed by atoms with Crippen molar-refractivity contribution in [1.82, 2.24) is 0 Å². The van der Waals surface area contributed by atoms with E-state index in [1.165, 1.54) is 5.56 Å². The van der Waals surface area contributed by atoms with Crippen molar-refractivity contribution >= 4 is 0 Å². The molecule has 2 nitrogen and oxygen atoms in total. The number of rotatable bonds is 2. The van der Waals surface area contributed by atoms with E-state index in [9.17, 15) is 5.11 Å². The molecule has 1 unspecified atom stereocenters. The van der Waals surface area contributed by atoms with Crippen LogP contribution in [0.5, 0.6) is 0 Å². The van der Waals surface area contributed by atoms with E-state index in [1.807, 2.05) is 31.2 Å². The Labute approximate surface area is 90.2 Å². The summed E-state index contributed by atoms with van der Waals surface area (Å²) in [5.74, 6) is 0. The average molecular weight is 204 g/mol. The van der Waals surface area contributed by atoms with Crippen LogP contribution >= 0.6 is 0 Å². The van der Waals surface area contributed by atoms with Crippen molar-refractivity contribution in [3.8, 4) is 0 Å². The summed E-state index contributed by atoms with van der Waals surface area (Å²) in [6.45, 7) is 2.80. The second-order valence-electron chi connectivity index (χ2n) is 3.98. The molecule has 0 saturated heterocycles. The maximum atomic E-state index is 10.1. The van der Waals surface area contributed by atoms with Crippen molar-refractivity contribution in [3.05, 3.63) is 47.2 Å². The van der Waals surface area contributed by atoms with Crippen LogP contribution < -0.4 is 0 Å². The summed E-state index contributed by atoms with van der Waals surface area (Å²) in [5.41, 5.74) is 3.10. The minimum absolute atomic E-state index is 0.509. The molecule has 0 radical (unpaired) electrons. The van der Waals surface area contributed by atoms with Crippen molar-refractivity contribution in [2.45, 2.75) is 25.9 Å². The smallest absolute Gasteiger partial charge is 0.103 e. The zero-order valence-electron chi connectivity index (χ0n) is 8.94. The quantitative estimate of drug-likeness (QED) is 0.802. The number of ether oxygens (including phenoxy) is 1. The maximum Gasteiger partial charge on any atom is 0.103 e. The third-order valence-electron chi connectivity index (χ3n) is 2.67. The van der Waals surface area contributed by atoms with E-state index in [-0.39, 0.29) is 0 Å². The molecule has 0 bridgehead atoms. The number of aliphatic hydroxyl groups is 1. The molecule has 0 spiro atoms. The molecule has 0 aromatic heterocycles. The molecule has 1 aliphatic heterocycles. The summed E-state index contributed by atoms with van der Waals surface area (Å²) in [5, 5.41) is 10.1. The summed E-state index contributed by atoms with van der Waals surface area (Å²) >= 11 is 0. The van der Waals surface area contributed by atoms with Gasteiger partial charge in [-0.1, -0.05) is 29.8 Å². The Kier molecular flexibility index (Phi) is 3.07. The molecule has 0 fully saturated rings. The molecule has 1 aromatic rings. The van der Waals surface area contributed by atoms with Gasteiger partial charge in [0.15, 0.2) is 0 Å². The largest absolute Gasteiger partial charge is 0.501 e. The molecule has 1 aromatic carbocycles. The van der Waals surface area contributed by atoms with Crippen LogP contribution in [0.1, 0.15) is 30.1 Å². The third-order valence-corrected chi connectivity index (χ3v) is 2.67. The molecule has 0 saturated carbocycles. The predicted molar refractivity (Wildman–Crippen MR) is 59.4 cm³/mol. The van der Waals surface area contributed by atoms with Gasteiger partial charge in [0.05, 0.1) is 12.9 Å². The summed E-state index contributed by atoms with van der Waals surface area (Å²) in [7, 11) is 0. The van der Waals surface area contributed by atoms with Gasteiger partial charge in [-0.25, -0.2) is 0 Å². The highest BCUT2D eigenvalue weighted by molar-refractivity contribution is 5.29. The fourth-order valence-corrected chi connectivity index (χ4v) is 1.84. The molecule has 2 heteroatoms. The molecule has 1 heterocycles. The van der Waals surface area contributed by atoms with E-state index in [0.29, 0.717) is 0 Å². The Bertz CT molecular complexity index is 369. The monoisotopic (exact) mass is 204 g/mol. The SMILES string of the molecule is Cc1cccc(C(O)C2=COCCC2)c1. The molecular formula is C13H16O2. The molecule has 0 amide bonds. The summed E-state index contributed by atoms with van der Waals surface area (Å²) in [6.07, 6.45) is 3.12. The fourth-order valence-electron chi connectivity index (χ4n) is 1.84. The van der Waals surface area contributed by atoms with Crippen molar-refractivity contribution in [2.24, 2.45) is 0 Å². The highest BCUT2D eigenvalue weighted by atomic mass is 16.5. The van der Waals surface area contributed by atoms with Gasteiger partial charge in [0.1, 0.15) is 6.10 Å². The Hall–Kier alpha value is -1.28. The number of hydrogen-bond acceptors (Lipinski definition) is 2. The lowest BCUT2D eigenvalue weighted by molar-refractivity contribution is 0.170. The van der Waals surface area contributed by atoms with Crippen molar-refractivity contribution in [3.63, 3.8) is 0 Å². The average Bonchev–Trinajstić information content (AvgIpc) is 2.29. The van der Waals surface area contributed by atoms with E-state index < -0.39 is 6.10 Å². The molecule has 1 atom stereocenters. The van der Waals surface area contributed by atoms with E-state index in [0.717, 1.165) is 30.6 Å². The number of aliphatic hydroxyl groups excluding tert-OH is 1. The van der Waals surface area contributed by atoms with Gasteiger partial charge in [-0.2, -0.15) is 0 Å². The van der Waals surface area contributed by atoms with Crippen LogP contribution in [0, 0.1) is 6.92 Å². The van der Waals surface area contributed by atoms with Crippen molar-refractivity contribution < 1.29 is 9.84 Å². The van der Waals surface area contributed by atoms with Gasteiger partial charge >= 0.3 is 0 Å².